The van der Waals surface area contributed by atoms with Gasteiger partial charge in [0.15, 0.2) is 6.66 Å². The Morgan fingerprint density at radius 3 is 2.61 bits per heavy atom. The number of hydrogen-bond donors (Lipinski definition) is 1. The molecule has 0 aliphatic heterocycles. The van der Waals surface area contributed by atoms with Gasteiger partial charge in [-0.2, -0.15) is 0 Å². The molecule has 3 aromatic rings. The minimum absolute atomic E-state index is 0.0815. The van der Waals surface area contributed by atoms with Gasteiger partial charge in [-0.25, -0.2) is 9.29 Å². The lowest BCUT2D eigenvalue weighted by molar-refractivity contribution is 0.0964. The lowest BCUT2D eigenvalue weighted by atomic mass is 10.0. The number of unbranched alkanes of at least 4 members (excludes halogenated alkanes) is 2. The molecule has 2 aromatic heterocycles. The van der Waals surface area contributed by atoms with Crippen molar-refractivity contribution in [2.24, 2.45) is 0 Å². The molecule has 2 unspecified atom stereocenters. The molecule has 0 aliphatic carbocycles. The van der Waals surface area contributed by atoms with Gasteiger partial charge in [-0.05, 0) is 64.5 Å². The van der Waals surface area contributed by atoms with Gasteiger partial charge in [-0.1, -0.05) is 31.2 Å². The van der Waals surface area contributed by atoms with Crippen molar-refractivity contribution in [3.8, 4) is 11.3 Å². The SMILES string of the molecule is CCc1ccc(-c2oc3nc(CN(CCCCCO[P+](C)=O)S(=O)[O-])c(I)cc3c2C(=O)NC)cc1. The number of carbonyl (C=O) groups excluding carboxylic acids is 1. The van der Waals surface area contributed by atoms with E-state index >= 15 is 0 Å². The van der Waals surface area contributed by atoms with Gasteiger partial charge < -0.3 is 14.3 Å². The van der Waals surface area contributed by atoms with E-state index in [2.05, 4.69) is 39.8 Å². The van der Waals surface area contributed by atoms with Gasteiger partial charge in [0.2, 0.25) is 5.71 Å². The van der Waals surface area contributed by atoms with E-state index in [1.165, 1.54) is 16.5 Å². The first-order chi connectivity index (χ1) is 17.2. The highest BCUT2D eigenvalue weighted by molar-refractivity contribution is 14.1. The molecule has 36 heavy (non-hydrogen) atoms. The van der Waals surface area contributed by atoms with Crippen molar-refractivity contribution >= 4 is 58.9 Å². The number of aryl methyl sites for hydroxylation is 1. The van der Waals surface area contributed by atoms with Crippen LogP contribution >= 0.6 is 30.6 Å². The second kappa shape index (κ2) is 13.7. The fraction of sp³-hybridized carbons (Fsp3) is 0.417. The Kier molecular flexibility index (Phi) is 11.0. The molecule has 1 N–H and O–H groups in total. The summed E-state index contributed by atoms with van der Waals surface area (Å²) >= 11 is -0.329. The predicted molar refractivity (Wildman–Crippen MR) is 148 cm³/mol. The number of nitrogens with zero attached hydrogens (tertiary/aromatic N) is 2. The van der Waals surface area contributed by atoms with Crippen LogP contribution in [-0.4, -0.2) is 50.8 Å². The summed E-state index contributed by atoms with van der Waals surface area (Å²) in [7, 11) is -0.0584. The summed E-state index contributed by atoms with van der Waals surface area (Å²) < 4.78 is 47.9. The molecule has 0 bridgehead atoms. The number of carbonyl (C=O) groups is 1. The smallest absolute Gasteiger partial charge is 0.504 e. The Morgan fingerprint density at radius 2 is 2.00 bits per heavy atom. The first kappa shape index (κ1) is 28.8. The number of amides is 1. The number of furan rings is 1. The number of halogens is 1. The third kappa shape index (κ3) is 7.39. The maximum atomic E-state index is 12.8. The summed E-state index contributed by atoms with van der Waals surface area (Å²) in [5, 5.41) is 3.24. The van der Waals surface area contributed by atoms with Crippen LogP contribution < -0.4 is 5.32 Å². The molecule has 9 nitrogen and oxygen atoms in total. The van der Waals surface area contributed by atoms with Crippen molar-refractivity contribution in [1.29, 1.82) is 0 Å². The maximum Gasteiger partial charge on any atom is 0.504 e. The van der Waals surface area contributed by atoms with E-state index in [-0.39, 0.29) is 18.2 Å². The minimum atomic E-state index is -2.43. The first-order valence-corrected chi connectivity index (χ1v) is 15.3. The molecule has 0 aliphatic rings. The number of pyridine rings is 1. The Balaban J connectivity index is 1.86. The van der Waals surface area contributed by atoms with Gasteiger partial charge >= 0.3 is 8.03 Å². The van der Waals surface area contributed by atoms with Crippen LogP contribution in [0.25, 0.3) is 22.4 Å². The van der Waals surface area contributed by atoms with Crippen molar-refractivity contribution in [2.45, 2.75) is 39.2 Å². The topological polar surface area (TPSA) is 125 Å². The molecule has 2 heterocycles. The highest BCUT2D eigenvalue weighted by Crippen LogP contribution is 2.34. The van der Waals surface area contributed by atoms with Crippen LogP contribution in [0.4, 0.5) is 0 Å². The van der Waals surface area contributed by atoms with Crippen LogP contribution in [-0.2, 0) is 33.3 Å². The summed E-state index contributed by atoms with van der Waals surface area (Å²) in [5.41, 5.74) is 3.16. The average Bonchev–Trinajstić information content (AvgIpc) is 3.22. The van der Waals surface area contributed by atoms with Gasteiger partial charge in [-0.3, -0.25) is 9.00 Å². The molecule has 1 amide bonds. The summed E-state index contributed by atoms with van der Waals surface area (Å²) in [6.45, 7) is 4.37. The van der Waals surface area contributed by atoms with Crippen LogP contribution in [0, 0.1) is 3.57 Å². The molecule has 194 valence electrons. The van der Waals surface area contributed by atoms with Gasteiger partial charge in [0.1, 0.15) is 12.4 Å². The molecule has 3 rings (SSSR count). The fourth-order valence-electron chi connectivity index (χ4n) is 3.72. The molecular formula is C24H29IN3O6PS. The minimum Gasteiger partial charge on any atom is -0.760 e. The number of fused-ring (bicyclic) bond motifs is 1. The molecule has 2 atom stereocenters. The molecule has 12 heteroatoms. The number of benzene rings is 1. The third-order valence-electron chi connectivity index (χ3n) is 5.65. The van der Waals surface area contributed by atoms with Gasteiger partial charge in [0.25, 0.3) is 5.91 Å². The van der Waals surface area contributed by atoms with E-state index in [4.69, 9.17) is 8.94 Å². The second-order valence-electron chi connectivity index (χ2n) is 8.12. The Labute approximate surface area is 227 Å². The van der Waals surface area contributed by atoms with E-state index in [9.17, 15) is 18.1 Å². The quantitative estimate of drug-likeness (QED) is 0.118. The van der Waals surface area contributed by atoms with E-state index in [1.807, 2.05) is 30.3 Å². The molecular weight excluding hydrogens is 616 g/mol. The Bertz CT molecular complexity index is 1250. The zero-order chi connectivity index (χ0) is 26.2. The van der Waals surface area contributed by atoms with Crippen LogP contribution in [0.3, 0.4) is 0 Å². The Hall–Kier alpha value is -1.76. The zero-order valence-electron chi connectivity index (χ0n) is 20.4. The lowest BCUT2D eigenvalue weighted by Crippen LogP contribution is -2.27. The van der Waals surface area contributed by atoms with Crippen molar-refractivity contribution in [3.63, 3.8) is 0 Å². The number of hydrogen-bond acceptors (Lipinski definition) is 7. The van der Waals surface area contributed by atoms with Crippen molar-refractivity contribution < 1.29 is 27.1 Å². The number of aromatic nitrogens is 1. The average molecular weight is 645 g/mol. The van der Waals surface area contributed by atoms with Crippen LogP contribution in [0.2, 0.25) is 0 Å². The zero-order valence-corrected chi connectivity index (χ0v) is 24.3. The van der Waals surface area contributed by atoms with Crippen molar-refractivity contribution in [1.82, 2.24) is 14.6 Å². The highest BCUT2D eigenvalue weighted by Gasteiger charge is 2.24. The second-order valence-corrected chi connectivity index (χ2v) is 11.4. The summed E-state index contributed by atoms with van der Waals surface area (Å²) in [6, 6.07) is 9.64. The summed E-state index contributed by atoms with van der Waals surface area (Å²) in [5.74, 6) is 0.139. The van der Waals surface area contributed by atoms with Gasteiger partial charge in [0, 0.05) is 34.0 Å². The molecule has 0 radical (unpaired) electrons. The normalized spacial score (nSPS) is 12.8. The number of nitrogens with one attached hydrogen (secondary N) is 1. The third-order valence-corrected chi connectivity index (χ3v) is 7.86. The highest BCUT2D eigenvalue weighted by atomic mass is 127. The van der Waals surface area contributed by atoms with E-state index in [1.54, 1.807) is 7.05 Å². The molecule has 0 spiro atoms. The molecule has 0 fully saturated rings. The first-order valence-electron chi connectivity index (χ1n) is 11.6. The molecule has 1 aromatic carbocycles. The van der Waals surface area contributed by atoms with E-state index < -0.39 is 19.3 Å². The summed E-state index contributed by atoms with van der Waals surface area (Å²) in [4.78, 5) is 17.4. The monoisotopic (exact) mass is 645 g/mol. The standard InChI is InChI=1S/C24H29IN3O6PS/c1-4-16-8-10-17(11-9-16)22-21(23(29)26-2)18-14-19(25)20(27-24(18)34-22)15-28(36(31)32)12-6-5-7-13-33-35(3)30/h8-11,14H,4-7,12-13,15H2,1-3H3,(H-,26,29,31,32). The van der Waals surface area contributed by atoms with E-state index in [0.29, 0.717) is 48.4 Å². The molecule has 0 saturated heterocycles. The number of rotatable bonds is 13. The lowest BCUT2D eigenvalue weighted by Gasteiger charge is -2.24. The van der Waals surface area contributed by atoms with Crippen LogP contribution in [0.1, 0.15) is 47.8 Å². The summed E-state index contributed by atoms with van der Waals surface area (Å²) in [6.07, 6.45) is 2.98. The van der Waals surface area contributed by atoms with Crippen LogP contribution in [0.5, 0.6) is 0 Å². The fourth-order valence-corrected chi connectivity index (χ4v) is 5.22. The van der Waals surface area contributed by atoms with Gasteiger partial charge in [-0.15, -0.1) is 4.52 Å². The maximum absolute atomic E-state index is 12.8. The van der Waals surface area contributed by atoms with Crippen molar-refractivity contribution in [3.05, 3.63) is 50.7 Å². The van der Waals surface area contributed by atoms with E-state index in [0.717, 1.165) is 22.0 Å². The van der Waals surface area contributed by atoms with Crippen molar-refractivity contribution in [2.75, 3.05) is 26.9 Å². The molecule has 0 saturated carbocycles. The largest absolute Gasteiger partial charge is 0.760 e. The predicted octanol–water partition coefficient (Wildman–Crippen LogP) is 5.18. The van der Waals surface area contributed by atoms with Crippen LogP contribution in [0.15, 0.2) is 34.7 Å². The van der Waals surface area contributed by atoms with Gasteiger partial charge in [0.05, 0.1) is 23.2 Å². The Morgan fingerprint density at radius 1 is 1.28 bits per heavy atom.